The Morgan fingerprint density at radius 1 is 1.09 bits per heavy atom. The standard InChI is InChI=1S/C26H34N4O2/c1-2-27-26(30-14-13-22(18-30)15-20-7-4-3-5-8-20)28-17-21-9-6-10-24(16-21)32-19-25(31)29-23-11-12-23/h3-10,16,22-23H,2,11-15,17-19H2,1H3,(H,27,28)(H,29,31). The van der Waals surface area contributed by atoms with Crippen molar-refractivity contribution in [1.82, 2.24) is 15.5 Å². The van der Waals surface area contributed by atoms with E-state index in [0.717, 1.165) is 50.4 Å². The molecular formula is C26H34N4O2. The van der Waals surface area contributed by atoms with Gasteiger partial charge >= 0.3 is 0 Å². The molecule has 2 aromatic rings. The van der Waals surface area contributed by atoms with E-state index in [-0.39, 0.29) is 12.5 Å². The second kappa shape index (κ2) is 11.0. The van der Waals surface area contributed by atoms with Crippen molar-refractivity contribution in [3.63, 3.8) is 0 Å². The van der Waals surface area contributed by atoms with Crippen molar-refractivity contribution in [2.45, 2.75) is 45.2 Å². The van der Waals surface area contributed by atoms with Gasteiger partial charge in [0.2, 0.25) is 0 Å². The van der Waals surface area contributed by atoms with Crippen molar-refractivity contribution in [2.75, 3.05) is 26.2 Å². The van der Waals surface area contributed by atoms with E-state index in [1.807, 2.05) is 24.3 Å². The zero-order valence-corrected chi connectivity index (χ0v) is 18.9. The van der Waals surface area contributed by atoms with Crippen LogP contribution in [0.15, 0.2) is 59.6 Å². The topological polar surface area (TPSA) is 66.0 Å². The summed E-state index contributed by atoms with van der Waals surface area (Å²) in [5, 5.41) is 6.39. The Bertz CT molecular complexity index is 911. The third-order valence-electron chi connectivity index (χ3n) is 5.91. The molecular weight excluding hydrogens is 400 g/mol. The predicted octanol–water partition coefficient (Wildman–Crippen LogP) is 3.37. The molecule has 1 aliphatic carbocycles. The van der Waals surface area contributed by atoms with Gasteiger partial charge < -0.3 is 20.3 Å². The number of guanidine groups is 1. The van der Waals surface area contributed by atoms with Crippen molar-refractivity contribution in [3.8, 4) is 5.75 Å². The first-order valence-electron chi connectivity index (χ1n) is 11.8. The zero-order chi connectivity index (χ0) is 22.2. The minimum absolute atomic E-state index is 0.0514. The number of carbonyl (C=O) groups is 1. The highest BCUT2D eigenvalue weighted by Crippen LogP contribution is 2.22. The van der Waals surface area contributed by atoms with Gasteiger partial charge in [0.25, 0.3) is 5.91 Å². The lowest BCUT2D eigenvalue weighted by molar-refractivity contribution is -0.123. The molecule has 1 unspecified atom stereocenters. The molecule has 1 saturated heterocycles. The van der Waals surface area contributed by atoms with E-state index in [9.17, 15) is 4.79 Å². The first kappa shape index (κ1) is 22.2. The second-order valence-electron chi connectivity index (χ2n) is 8.74. The zero-order valence-electron chi connectivity index (χ0n) is 18.9. The van der Waals surface area contributed by atoms with Crippen LogP contribution in [-0.4, -0.2) is 49.0 Å². The summed E-state index contributed by atoms with van der Waals surface area (Å²) in [6, 6.07) is 19.0. The van der Waals surface area contributed by atoms with Crippen molar-refractivity contribution in [3.05, 3.63) is 65.7 Å². The highest BCUT2D eigenvalue weighted by molar-refractivity contribution is 5.80. The van der Waals surface area contributed by atoms with Crippen LogP contribution < -0.4 is 15.4 Å². The fourth-order valence-corrected chi connectivity index (χ4v) is 4.11. The molecule has 1 heterocycles. The van der Waals surface area contributed by atoms with Crippen molar-refractivity contribution >= 4 is 11.9 Å². The van der Waals surface area contributed by atoms with Crippen LogP contribution in [0.4, 0.5) is 0 Å². The molecule has 2 aliphatic rings. The van der Waals surface area contributed by atoms with Gasteiger partial charge in [-0.25, -0.2) is 4.99 Å². The summed E-state index contributed by atoms with van der Waals surface area (Å²) in [5.74, 6) is 2.28. The van der Waals surface area contributed by atoms with E-state index in [1.54, 1.807) is 0 Å². The van der Waals surface area contributed by atoms with E-state index in [2.05, 4.69) is 52.8 Å². The number of amides is 1. The highest BCUT2D eigenvalue weighted by Gasteiger charge is 2.25. The summed E-state index contributed by atoms with van der Waals surface area (Å²) >= 11 is 0. The minimum Gasteiger partial charge on any atom is -0.484 e. The van der Waals surface area contributed by atoms with Crippen molar-refractivity contribution in [1.29, 1.82) is 0 Å². The van der Waals surface area contributed by atoms with Gasteiger partial charge in [-0.3, -0.25) is 4.79 Å². The molecule has 6 heteroatoms. The fourth-order valence-electron chi connectivity index (χ4n) is 4.11. The van der Waals surface area contributed by atoms with Gasteiger partial charge in [-0.15, -0.1) is 0 Å². The number of hydrogen-bond donors (Lipinski definition) is 2. The van der Waals surface area contributed by atoms with Gasteiger partial charge in [0.1, 0.15) is 5.75 Å². The van der Waals surface area contributed by atoms with Gasteiger partial charge in [-0.1, -0.05) is 42.5 Å². The molecule has 170 valence electrons. The lowest BCUT2D eigenvalue weighted by Crippen LogP contribution is -2.40. The molecule has 32 heavy (non-hydrogen) atoms. The molecule has 2 aromatic carbocycles. The van der Waals surface area contributed by atoms with Crippen LogP contribution in [0.3, 0.4) is 0 Å². The van der Waals surface area contributed by atoms with E-state index >= 15 is 0 Å². The van der Waals surface area contributed by atoms with E-state index < -0.39 is 0 Å². The third-order valence-corrected chi connectivity index (χ3v) is 5.91. The van der Waals surface area contributed by atoms with Crippen LogP contribution >= 0.6 is 0 Å². The van der Waals surface area contributed by atoms with Crippen LogP contribution in [0.5, 0.6) is 5.75 Å². The summed E-state index contributed by atoms with van der Waals surface area (Å²) in [7, 11) is 0. The lowest BCUT2D eigenvalue weighted by Gasteiger charge is -2.22. The van der Waals surface area contributed by atoms with Crippen LogP contribution in [0.25, 0.3) is 0 Å². The average Bonchev–Trinajstić information content (AvgIpc) is 3.51. The largest absolute Gasteiger partial charge is 0.484 e. The molecule has 0 aromatic heterocycles. The summed E-state index contributed by atoms with van der Waals surface area (Å²) in [6.07, 6.45) is 4.46. The third kappa shape index (κ3) is 6.74. The molecule has 4 rings (SSSR count). The number of ether oxygens (including phenoxy) is 1. The quantitative estimate of drug-likeness (QED) is 0.469. The Labute approximate surface area is 191 Å². The van der Waals surface area contributed by atoms with Gasteiger partial charge in [0, 0.05) is 25.7 Å². The number of benzene rings is 2. The Morgan fingerprint density at radius 3 is 2.69 bits per heavy atom. The highest BCUT2D eigenvalue weighted by atomic mass is 16.5. The van der Waals surface area contributed by atoms with Crippen LogP contribution in [0, 0.1) is 5.92 Å². The molecule has 2 fully saturated rings. The molecule has 1 amide bonds. The van der Waals surface area contributed by atoms with Crippen molar-refractivity contribution < 1.29 is 9.53 Å². The molecule has 0 radical (unpaired) electrons. The fraction of sp³-hybridized carbons (Fsp3) is 0.462. The number of hydrogen-bond acceptors (Lipinski definition) is 3. The molecule has 0 bridgehead atoms. The smallest absolute Gasteiger partial charge is 0.258 e. The monoisotopic (exact) mass is 434 g/mol. The maximum absolute atomic E-state index is 11.9. The van der Waals surface area contributed by atoms with Gasteiger partial charge in [-0.2, -0.15) is 0 Å². The maximum Gasteiger partial charge on any atom is 0.258 e. The van der Waals surface area contributed by atoms with Crippen LogP contribution in [0.2, 0.25) is 0 Å². The maximum atomic E-state index is 11.9. The first-order chi connectivity index (χ1) is 15.7. The van der Waals surface area contributed by atoms with Gasteiger partial charge in [-0.05, 0) is 61.8 Å². The predicted molar refractivity (Wildman–Crippen MR) is 128 cm³/mol. The molecule has 1 atom stereocenters. The average molecular weight is 435 g/mol. The second-order valence-corrected chi connectivity index (χ2v) is 8.74. The van der Waals surface area contributed by atoms with Gasteiger partial charge in [0.15, 0.2) is 12.6 Å². The normalized spacial score (nSPS) is 18.5. The molecule has 1 saturated carbocycles. The Hall–Kier alpha value is -3.02. The summed E-state index contributed by atoms with van der Waals surface area (Å²) < 4.78 is 5.68. The van der Waals surface area contributed by atoms with E-state index in [1.165, 1.54) is 12.0 Å². The van der Waals surface area contributed by atoms with Crippen molar-refractivity contribution in [2.24, 2.45) is 10.9 Å². The number of carbonyl (C=O) groups excluding carboxylic acids is 1. The minimum atomic E-state index is -0.0514. The Kier molecular flexibility index (Phi) is 7.64. The summed E-state index contributed by atoms with van der Waals surface area (Å²) in [6.45, 7) is 5.64. The SMILES string of the molecule is CCNC(=NCc1cccc(OCC(=O)NC2CC2)c1)N1CCC(Cc2ccccc2)C1. The first-order valence-corrected chi connectivity index (χ1v) is 11.8. The molecule has 0 spiro atoms. The number of rotatable bonds is 9. The summed E-state index contributed by atoms with van der Waals surface area (Å²) in [4.78, 5) is 19.1. The molecule has 2 N–H and O–H groups in total. The Morgan fingerprint density at radius 2 is 1.91 bits per heavy atom. The van der Waals surface area contributed by atoms with E-state index in [4.69, 9.17) is 9.73 Å². The number of nitrogens with zero attached hydrogens (tertiary/aromatic N) is 2. The molecule has 6 nitrogen and oxygen atoms in total. The van der Waals surface area contributed by atoms with Crippen LogP contribution in [-0.2, 0) is 17.8 Å². The summed E-state index contributed by atoms with van der Waals surface area (Å²) in [5.41, 5.74) is 2.48. The number of likely N-dealkylation sites (tertiary alicyclic amines) is 1. The molecule has 1 aliphatic heterocycles. The number of aliphatic imine (C=N–C) groups is 1. The number of nitrogens with one attached hydrogen (secondary N) is 2. The van der Waals surface area contributed by atoms with Gasteiger partial charge in [0.05, 0.1) is 6.54 Å². The lowest BCUT2D eigenvalue weighted by atomic mass is 9.99. The van der Waals surface area contributed by atoms with Crippen LogP contribution in [0.1, 0.15) is 37.3 Å². The Balaban J connectivity index is 1.31. The van der Waals surface area contributed by atoms with E-state index in [0.29, 0.717) is 24.3 Å².